The first-order valence-corrected chi connectivity index (χ1v) is 41.9. The van der Waals surface area contributed by atoms with E-state index in [1.54, 1.807) is 32.5 Å². The van der Waals surface area contributed by atoms with E-state index < -0.39 is 0 Å². The number of carbonyl (C=O) groups is 4. The van der Waals surface area contributed by atoms with E-state index in [-0.39, 0.29) is 35.5 Å². The van der Waals surface area contributed by atoms with Gasteiger partial charge in [0.15, 0.2) is 0 Å². The Morgan fingerprint density at radius 1 is 0.271 bits per heavy atom. The molecule has 8 heteroatoms. The lowest BCUT2D eigenvalue weighted by molar-refractivity contribution is 0.0563. The zero-order chi connectivity index (χ0) is 67.4. The van der Waals surface area contributed by atoms with Gasteiger partial charge in [-0.05, 0) is 132 Å². The van der Waals surface area contributed by atoms with Gasteiger partial charge in [-0.3, -0.25) is 29.0 Å². The second-order valence-corrected chi connectivity index (χ2v) is 32.7. The van der Waals surface area contributed by atoms with E-state index in [1.807, 2.05) is 12.1 Å². The Morgan fingerprint density at radius 3 is 0.771 bits per heavy atom. The van der Waals surface area contributed by atoms with Gasteiger partial charge in [0.25, 0.3) is 23.6 Å². The van der Waals surface area contributed by atoms with Crippen molar-refractivity contribution in [2.24, 2.45) is 11.8 Å². The van der Waals surface area contributed by atoms with Crippen LogP contribution >= 0.6 is 22.7 Å². The summed E-state index contributed by atoms with van der Waals surface area (Å²) in [4.78, 5) is 70.3. The molecule has 2 aromatic heterocycles. The smallest absolute Gasteiger partial charge is 0.261 e. The molecule has 0 saturated heterocycles. The van der Waals surface area contributed by atoms with Crippen molar-refractivity contribution in [1.82, 2.24) is 9.80 Å². The fraction of sp³-hybridized carbons (Fsp3) is 0.636. The molecule has 0 aliphatic carbocycles. The summed E-state index contributed by atoms with van der Waals surface area (Å²) < 4.78 is 0. The van der Waals surface area contributed by atoms with Gasteiger partial charge < -0.3 is 0 Å². The van der Waals surface area contributed by atoms with Gasteiger partial charge in [-0.2, -0.15) is 0 Å². The topological polar surface area (TPSA) is 74.8 Å². The van der Waals surface area contributed by atoms with Gasteiger partial charge in [0.05, 0.1) is 0 Å². The van der Waals surface area contributed by atoms with Gasteiger partial charge in [-0.25, -0.2) is 0 Å². The fourth-order valence-corrected chi connectivity index (χ4v) is 18.4. The van der Waals surface area contributed by atoms with Crippen LogP contribution in [-0.4, -0.2) is 46.5 Å². The maximum Gasteiger partial charge on any atom is 0.261 e. The first-order valence-electron chi connectivity index (χ1n) is 40.2. The number of aryl methyl sites for hydroxylation is 2. The number of fused-ring (bicyclic) bond motifs is 2. The van der Waals surface area contributed by atoms with Crippen LogP contribution in [0.15, 0.2) is 60.7 Å². The molecule has 0 fully saturated rings. The van der Waals surface area contributed by atoms with Gasteiger partial charge >= 0.3 is 0 Å². The van der Waals surface area contributed by atoms with Crippen molar-refractivity contribution >= 4 is 89.4 Å². The molecular formula is C88H126N2O4S2. The molecule has 4 heterocycles. The van der Waals surface area contributed by atoms with Crippen LogP contribution in [0.25, 0.3) is 64.0 Å². The summed E-state index contributed by atoms with van der Waals surface area (Å²) in [5, 5.41) is 7.18. The zero-order valence-corrected chi connectivity index (χ0v) is 62.8. The molecule has 7 aromatic rings. The third-order valence-corrected chi connectivity index (χ3v) is 24.3. The lowest BCUT2D eigenvalue weighted by Gasteiger charge is -2.33. The molecule has 0 bridgehead atoms. The summed E-state index contributed by atoms with van der Waals surface area (Å²) in [5.41, 5.74) is 4.31. The first kappa shape index (κ1) is 75.3. The minimum atomic E-state index is -0.188. The monoisotopic (exact) mass is 1340 g/mol. The number of nitrogens with zero attached hydrogens (tertiary/aromatic N) is 2. The minimum Gasteiger partial charge on any atom is -0.274 e. The Morgan fingerprint density at radius 2 is 0.521 bits per heavy atom. The molecule has 2 unspecified atom stereocenters. The second kappa shape index (κ2) is 40.4. The van der Waals surface area contributed by atoms with E-state index in [4.69, 9.17) is 0 Å². The normalized spacial score (nSPS) is 14.0. The maximum absolute atomic E-state index is 15.8. The van der Waals surface area contributed by atoms with Crippen LogP contribution in [0, 0.1) is 25.7 Å². The Hall–Kier alpha value is -4.92. The van der Waals surface area contributed by atoms with E-state index in [0.717, 1.165) is 115 Å². The Bertz CT molecular complexity index is 3530. The van der Waals surface area contributed by atoms with Crippen molar-refractivity contribution in [1.29, 1.82) is 0 Å². The van der Waals surface area contributed by atoms with Gasteiger partial charge in [0, 0.05) is 76.8 Å². The van der Waals surface area contributed by atoms with Crippen LogP contribution in [0.2, 0.25) is 0 Å². The molecule has 96 heavy (non-hydrogen) atoms. The van der Waals surface area contributed by atoms with Crippen molar-refractivity contribution < 1.29 is 19.2 Å². The van der Waals surface area contributed by atoms with Gasteiger partial charge in [-0.15, -0.1) is 22.7 Å². The predicted molar refractivity (Wildman–Crippen MR) is 417 cm³/mol. The summed E-state index contributed by atoms with van der Waals surface area (Å²) in [6, 6.07) is 21.3. The highest BCUT2D eigenvalue weighted by atomic mass is 32.1. The number of rotatable bonds is 52. The lowest BCUT2D eigenvalue weighted by Crippen LogP contribution is -2.43. The number of hydrogen-bond donors (Lipinski definition) is 0. The van der Waals surface area contributed by atoms with Gasteiger partial charge in [0.1, 0.15) is 0 Å². The molecule has 0 radical (unpaired) electrons. The Labute approximate surface area is 590 Å². The average Bonchev–Trinajstić information content (AvgIpc) is 0.814. The van der Waals surface area contributed by atoms with Crippen molar-refractivity contribution in [3.63, 3.8) is 0 Å². The molecule has 0 N–H and O–H groups in total. The number of carbonyl (C=O) groups excluding carboxylic acids is 4. The summed E-state index contributed by atoms with van der Waals surface area (Å²) in [5.74, 6) is -0.259. The van der Waals surface area contributed by atoms with E-state index in [1.165, 1.54) is 254 Å². The number of hydrogen-bond acceptors (Lipinski definition) is 6. The van der Waals surface area contributed by atoms with Crippen molar-refractivity contribution in [3.8, 4) is 20.9 Å². The largest absolute Gasteiger partial charge is 0.274 e. The number of imide groups is 2. The van der Waals surface area contributed by atoms with E-state index in [2.05, 4.69) is 90.1 Å². The maximum atomic E-state index is 15.8. The molecular weight excluding hydrogens is 1210 g/mol. The fourth-order valence-electron chi connectivity index (χ4n) is 16.7. The molecule has 2 aliphatic heterocycles. The summed E-state index contributed by atoms with van der Waals surface area (Å²) in [6.07, 6.45) is 58.5. The standard InChI is InChI=1S/C88H126N2O4S2/c1-7-11-15-19-23-27-30-32-35-39-43-47-51-67(49-45-41-37-26-22-18-14-10-4)63-89-85(91)71-57-55-69-80-74(78-60-54-66(6)96-78)62-76-82-72(58-56-70(84(80)82)79-73(77-59-53-65(5)95-77)61-75(87(89)93)81(71)83(69)79)86(92)90(88(76)94)64-68(50-46-42-38-34-29-25-21-17-13-9-3)52-48-44-40-36-33-31-28-24-20-16-12-8-2/h53-62,67-68H,7-52,63-64H2,1-6H3. The molecule has 524 valence electrons. The van der Waals surface area contributed by atoms with E-state index in [0.29, 0.717) is 35.3 Å². The highest BCUT2D eigenvalue weighted by Gasteiger charge is 2.40. The molecule has 4 amide bonds. The molecule has 0 spiro atoms. The Kier molecular flexibility index (Phi) is 31.7. The highest BCUT2D eigenvalue weighted by Crippen LogP contribution is 2.53. The predicted octanol–water partition coefficient (Wildman–Crippen LogP) is 28.3. The van der Waals surface area contributed by atoms with E-state index in [9.17, 15) is 0 Å². The number of benzene rings is 5. The molecule has 0 saturated carbocycles. The average molecular weight is 1340 g/mol. The molecule has 5 aromatic carbocycles. The van der Waals surface area contributed by atoms with E-state index >= 15 is 19.2 Å². The van der Waals surface area contributed by atoms with Crippen LogP contribution < -0.4 is 0 Å². The van der Waals surface area contributed by atoms with Crippen LogP contribution in [0.4, 0.5) is 0 Å². The van der Waals surface area contributed by atoms with Gasteiger partial charge in [0.2, 0.25) is 0 Å². The Balaban J connectivity index is 1.02. The zero-order valence-electron chi connectivity index (χ0n) is 61.2. The van der Waals surface area contributed by atoms with Crippen molar-refractivity contribution in [3.05, 3.63) is 92.7 Å². The van der Waals surface area contributed by atoms with Crippen molar-refractivity contribution in [2.75, 3.05) is 13.1 Å². The molecule has 2 atom stereocenters. The minimum absolute atomic E-state index is 0.186. The highest BCUT2D eigenvalue weighted by molar-refractivity contribution is 7.16. The number of thiophene rings is 2. The quantitative estimate of drug-likeness (QED) is 0.0165. The number of unbranched alkanes of at least 4 members (excludes halogenated alkanes) is 38. The second-order valence-electron chi connectivity index (χ2n) is 30.1. The van der Waals surface area contributed by atoms with Crippen LogP contribution in [0.5, 0.6) is 0 Å². The van der Waals surface area contributed by atoms with Gasteiger partial charge in [-0.1, -0.05) is 310 Å². The van der Waals surface area contributed by atoms with Crippen LogP contribution in [-0.2, 0) is 0 Å². The first-order chi connectivity index (χ1) is 47.1. The third-order valence-electron chi connectivity index (χ3n) is 22.3. The molecule has 9 rings (SSSR count). The third kappa shape index (κ3) is 20.2. The molecule has 6 nitrogen and oxygen atoms in total. The molecule has 2 aliphatic rings. The lowest BCUT2D eigenvalue weighted by atomic mass is 9.78. The van der Waals surface area contributed by atoms with Crippen molar-refractivity contribution in [2.45, 2.75) is 337 Å². The summed E-state index contributed by atoms with van der Waals surface area (Å²) in [7, 11) is 0. The van der Waals surface area contributed by atoms with Crippen LogP contribution in [0.1, 0.15) is 374 Å². The summed E-state index contributed by atoms with van der Waals surface area (Å²) in [6.45, 7) is 14.3. The number of amides is 4. The summed E-state index contributed by atoms with van der Waals surface area (Å²) >= 11 is 3.46. The van der Waals surface area contributed by atoms with Crippen LogP contribution in [0.3, 0.4) is 0 Å². The SMILES string of the molecule is CCCCCCCCCCCCCCC(CCCCCCCCCC)CN1C(=O)c2ccc3c4c(-c5ccc(C)s5)cc5c6c(ccc(c7c(-c8ccc(C)s8)cc(c2c37)C1=O)c64)C(=O)N(CC(CCCCCCCCCCCC)CCCCCCCCCCCCCC)C5=O.